The predicted molar refractivity (Wildman–Crippen MR) is 93.7 cm³/mol. The number of sulfonamides is 1. The van der Waals surface area contributed by atoms with Crippen LogP contribution in [0.1, 0.15) is 18.4 Å². The molecule has 0 atom stereocenters. The van der Waals surface area contributed by atoms with Gasteiger partial charge in [-0.1, -0.05) is 30.3 Å². The smallest absolute Gasteiger partial charge is 0.283 e. The van der Waals surface area contributed by atoms with Crippen molar-refractivity contribution in [3.8, 4) is 5.75 Å². The van der Waals surface area contributed by atoms with Crippen LogP contribution in [-0.4, -0.2) is 32.8 Å². The molecule has 0 aliphatic carbocycles. The molecule has 5 nitrogen and oxygen atoms in total. The maximum absolute atomic E-state index is 12.4. The lowest BCUT2D eigenvalue weighted by Crippen LogP contribution is -2.25. The van der Waals surface area contributed by atoms with Crippen molar-refractivity contribution in [3.63, 3.8) is 0 Å². The summed E-state index contributed by atoms with van der Waals surface area (Å²) in [5.74, 6) is 1.44. The number of nitrogens with zero attached hydrogens (tertiary/aromatic N) is 2. The van der Waals surface area contributed by atoms with E-state index >= 15 is 0 Å². The van der Waals surface area contributed by atoms with E-state index in [1.807, 2.05) is 29.2 Å². The van der Waals surface area contributed by atoms with Gasteiger partial charge in [-0.2, -0.15) is 8.42 Å². The Morgan fingerprint density at radius 2 is 1.79 bits per heavy atom. The maximum Gasteiger partial charge on any atom is 0.283 e. The number of ether oxygens (including phenoxy) is 1. The lowest BCUT2D eigenvalue weighted by molar-refractivity contribution is 0.413. The van der Waals surface area contributed by atoms with Gasteiger partial charge in [0, 0.05) is 19.5 Å². The van der Waals surface area contributed by atoms with E-state index in [1.54, 1.807) is 37.4 Å². The molecule has 24 heavy (non-hydrogen) atoms. The zero-order valence-electron chi connectivity index (χ0n) is 13.6. The van der Waals surface area contributed by atoms with E-state index in [2.05, 4.69) is 4.40 Å². The Morgan fingerprint density at radius 1 is 1.08 bits per heavy atom. The molecule has 6 heteroatoms. The highest BCUT2D eigenvalue weighted by atomic mass is 32.2. The van der Waals surface area contributed by atoms with Crippen molar-refractivity contribution in [1.29, 1.82) is 0 Å². The van der Waals surface area contributed by atoms with Gasteiger partial charge in [0.05, 0.1) is 12.0 Å². The predicted octanol–water partition coefficient (Wildman–Crippen LogP) is 3.08. The van der Waals surface area contributed by atoms with Crippen LogP contribution in [0.25, 0.3) is 0 Å². The summed E-state index contributed by atoms with van der Waals surface area (Å²) in [6.45, 7) is 1.46. The quantitative estimate of drug-likeness (QED) is 0.836. The molecule has 1 heterocycles. The van der Waals surface area contributed by atoms with Gasteiger partial charge < -0.3 is 9.64 Å². The van der Waals surface area contributed by atoms with E-state index in [0.717, 1.165) is 24.3 Å². The lowest BCUT2D eigenvalue weighted by atomic mass is 10.2. The number of amidine groups is 1. The molecule has 0 aromatic heterocycles. The van der Waals surface area contributed by atoms with Crippen LogP contribution in [0.15, 0.2) is 63.9 Å². The van der Waals surface area contributed by atoms with Gasteiger partial charge in [0.15, 0.2) is 0 Å². The number of likely N-dealkylation sites (tertiary alicyclic amines) is 1. The Kier molecular flexibility index (Phi) is 4.85. The van der Waals surface area contributed by atoms with Crippen molar-refractivity contribution >= 4 is 15.9 Å². The van der Waals surface area contributed by atoms with Gasteiger partial charge in [-0.15, -0.1) is 4.40 Å². The largest absolute Gasteiger partial charge is 0.497 e. The Balaban J connectivity index is 1.79. The summed E-state index contributed by atoms with van der Waals surface area (Å²) in [7, 11) is -2.02. The van der Waals surface area contributed by atoms with Crippen molar-refractivity contribution in [2.24, 2.45) is 4.40 Å². The van der Waals surface area contributed by atoms with Crippen LogP contribution in [-0.2, 0) is 16.6 Å². The minimum atomic E-state index is -3.65. The number of methoxy groups -OCH3 is 1. The fourth-order valence-corrected chi connectivity index (χ4v) is 3.81. The third-order valence-corrected chi connectivity index (χ3v) is 5.31. The summed E-state index contributed by atoms with van der Waals surface area (Å²) in [6.07, 6.45) is 1.60. The van der Waals surface area contributed by atoms with Gasteiger partial charge in [0.2, 0.25) is 0 Å². The monoisotopic (exact) mass is 344 g/mol. The van der Waals surface area contributed by atoms with Gasteiger partial charge in [0.25, 0.3) is 10.0 Å². The van der Waals surface area contributed by atoms with E-state index in [1.165, 1.54) is 0 Å². The molecule has 0 bridgehead atoms. The second-order valence-corrected chi connectivity index (χ2v) is 7.27. The van der Waals surface area contributed by atoms with Crippen molar-refractivity contribution in [2.75, 3.05) is 13.7 Å². The van der Waals surface area contributed by atoms with Crippen molar-refractivity contribution in [3.05, 3.63) is 60.2 Å². The van der Waals surface area contributed by atoms with Crippen LogP contribution in [0, 0.1) is 0 Å². The normalized spacial score (nSPS) is 16.5. The third kappa shape index (κ3) is 3.76. The fraction of sp³-hybridized carbons (Fsp3) is 0.278. The van der Waals surface area contributed by atoms with Gasteiger partial charge in [-0.25, -0.2) is 0 Å². The van der Waals surface area contributed by atoms with Gasteiger partial charge in [-0.05, 0) is 36.2 Å². The van der Waals surface area contributed by atoms with Crippen LogP contribution < -0.4 is 4.74 Å². The van der Waals surface area contributed by atoms with Crippen molar-refractivity contribution in [2.45, 2.75) is 24.3 Å². The molecule has 1 saturated heterocycles. The third-order valence-electron chi connectivity index (χ3n) is 3.99. The highest BCUT2D eigenvalue weighted by Gasteiger charge is 2.22. The maximum atomic E-state index is 12.4. The van der Waals surface area contributed by atoms with Gasteiger partial charge in [-0.3, -0.25) is 0 Å². The minimum Gasteiger partial charge on any atom is -0.497 e. The van der Waals surface area contributed by atoms with Crippen LogP contribution in [0.5, 0.6) is 5.75 Å². The molecular weight excluding hydrogens is 324 g/mol. The Hall–Kier alpha value is -2.34. The molecular formula is C18H20N2O3S. The van der Waals surface area contributed by atoms with Gasteiger partial charge in [0.1, 0.15) is 11.6 Å². The average molecular weight is 344 g/mol. The van der Waals surface area contributed by atoms with E-state index in [-0.39, 0.29) is 4.90 Å². The fourth-order valence-electron chi connectivity index (χ4n) is 2.72. The molecule has 1 aliphatic rings. The van der Waals surface area contributed by atoms with Gasteiger partial charge >= 0.3 is 0 Å². The molecule has 0 spiro atoms. The highest BCUT2D eigenvalue weighted by molar-refractivity contribution is 7.90. The molecule has 0 amide bonds. The topological polar surface area (TPSA) is 59.0 Å². The summed E-state index contributed by atoms with van der Waals surface area (Å²) in [6, 6.07) is 16.1. The molecule has 2 aromatic rings. The number of hydrogen-bond donors (Lipinski definition) is 0. The molecule has 126 valence electrons. The molecule has 0 saturated carbocycles. The summed E-state index contributed by atoms with van der Waals surface area (Å²) in [5, 5.41) is 0. The second kappa shape index (κ2) is 7.05. The molecule has 0 unspecified atom stereocenters. The molecule has 0 N–H and O–H groups in total. The van der Waals surface area contributed by atoms with E-state index < -0.39 is 10.0 Å². The average Bonchev–Trinajstić information content (AvgIpc) is 3.02. The summed E-state index contributed by atoms with van der Waals surface area (Å²) < 4.78 is 34.1. The van der Waals surface area contributed by atoms with E-state index in [9.17, 15) is 8.42 Å². The first kappa shape index (κ1) is 16.5. The molecule has 1 aliphatic heterocycles. The van der Waals surface area contributed by atoms with Crippen LogP contribution in [0.3, 0.4) is 0 Å². The number of benzene rings is 2. The number of rotatable bonds is 5. The molecule has 3 rings (SSSR count). The SMILES string of the molecule is COc1ccc(CN2CCC/C2=N\S(=O)(=O)c2ccccc2)cc1. The summed E-state index contributed by atoms with van der Waals surface area (Å²) in [4.78, 5) is 2.26. The summed E-state index contributed by atoms with van der Waals surface area (Å²) >= 11 is 0. The molecule has 1 fully saturated rings. The van der Waals surface area contributed by atoms with E-state index in [4.69, 9.17) is 4.74 Å². The second-order valence-electron chi connectivity index (χ2n) is 5.67. The van der Waals surface area contributed by atoms with Crippen molar-refractivity contribution < 1.29 is 13.2 Å². The standard InChI is InChI=1S/C18H20N2O3S/c1-23-16-11-9-15(10-12-16)14-20-13-5-8-18(20)19-24(21,22)17-6-3-2-4-7-17/h2-4,6-7,9-12H,5,8,13-14H2,1H3/b19-18+. The van der Waals surface area contributed by atoms with Crippen LogP contribution >= 0.6 is 0 Å². The Morgan fingerprint density at radius 3 is 2.46 bits per heavy atom. The van der Waals surface area contributed by atoms with Crippen LogP contribution in [0.2, 0.25) is 0 Å². The summed E-state index contributed by atoms with van der Waals surface area (Å²) in [5.41, 5.74) is 1.10. The number of hydrogen-bond acceptors (Lipinski definition) is 3. The first-order chi connectivity index (χ1) is 11.6. The van der Waals surface area contributed by atoms with E-state index in [0.29, 0.717) is 18.8 Å². The molecule has 0 radical (unpaired) electrons. The minimum absolute atomic E-state index is 0.230. The van der Waals surface area contributed by atoms with Crippen molar-refractivity contribution in [1.82, 2.24) is 4.90 Å². The Labute approximate surface area is 142 Å². The molecule has 2 aromatic carbocycles. The Bertz CT molecular complexity index is 815. The highest BCUT2D eigenvalue weighted by Crippen LogP contribution is 2.20. The zero-order valence-corrected chi connectivity index (χ0v) is 14.4. The first-order valence-corrected chi connectivity index (χ1v) is 9.29. The zero-order chi connectivity index (χ0) is 17.0. The van der Waals surface area contributed by atoms with Crippen LogP contribution in [0.4, 0.5) is 0 Å². The lowest BCUT2D eigenvalue weighted by Gasteiger charge is -2.19. The first-order valence-electron chi connectivity index (χ1n) is 7.85.